The lowest BCUT2D eigenvalue weighted by Crippen LogP contribution is -2.27. The molecule has 0 amide bonds. The van der Waals surface area contributed by atoms with Gasteiger partial charge in [-0.2, -0.15) is 4.31 Å². The Hall–Kier alpha value is -1.92. The van der Waals surface area contributed by atoms with Gasteiger partial charge < -0.3 is 5.73 Å². The molecule has 0 aliphatic heterocycles. The van der Waals surface area contributed by atoms with Gasteiger partial charge in [-0.25, -0.2) is 12.8 Å². The molecule has 0 aromatic heterocycles. The summed E-state index contributed by atoms with van der Waals surface area (Å²) < 4.78 is 38.8. The summed E-state index contributed by atoms with van der Waals surface area (Å²) in [6, 6.07) is 12.0. The third kappa shape index (κ3) is 2.97. The van der Waals surface area contributed by atoms with Crippen LogP contribution >= 0.6 is 0 Å². The van der Waals surface area contributed by atoms with Crippen LogP contribution in [0.3, 0.4) is 0 Å². The number of anilines is 1. The summed E-state index contributed by atoms with van der Waals surface area (Å²) in [5.41, 5.74) is 6.61. The van der Waals surface area contributed by atoms with E-state index in [0.717, 1.165) is 0 Å². The topological polar surface area (TPSA) is 63.4 Å². The summed E-state index contributed by atoms with van der Waals surface area (Å²) in [6.45, 7) is 0.150. The number of rotatable bonds is 4. The van der Waals surface area contributed by atoms with Crippen molar-refractivity contribution in [3.63, 3.8) is 0 Å². The monoisotopic (exact) mass is 294 g/mol. The van der Waals surface area contributed by atoms with Gasteiger partial charge >= 0.3 is 0 Å². The quantitative estimate of drug-likeness (QED) is 0.880. The van der Waals surface area contributed by atoms with E-state index < -0.39 is 10.0 Å². The van der Waals surface area contributed by atoms with Crippen LogP contribution in [0.4, 0.5) is 10.1 Å². The third-order valence-corrected chi connectivity index (χ3v) is 4.80. The fourth-order valence-corrected chi connectivity index (χ4v) is 3.09. The van der Waals surface area contributed by atoms with Crippen LogP contribution in [0.2, 0.25) is 0 Å². The molecule has 2 aromatic carbocycles. The molecule has 0 atom stereocenters. The van der Waals surface area contributed by atoms with Crippen molar-refractivity contribution < 1.29 is 12.8 Å². The van der Waals surface area contributed by atoms with E-state index in [0.29, 0.717) is 5.56 Å². The minimum absolute atomic E-state index is 0.0737. The van der Waals surface area contributed by atoms with Crippen molar-refractivity contribution in [2.45, 2.75) is 11.4 Å². The lowest BCUT2D eigenvalue weighted by molar-refractivity contribution is 0.467. The van der Waals surface area contributed by atoms with Crippen molar-refractivity contribution in [1.82, 2.24) is 4.31 Å². The predicted octanol–water partition coefficient (Wildman–Crippen LogP) is 2.23. The molecule has 0 aliphatic carbocycles. The van der Waals surface area contributed by atoms with Gasteiger partial charge in [0.25, 0.3) is 0 Å². The van der Waals surface area contributed by atoms with Crippen LogP contribution in [-0.2, 0) is 16.6 Å². The molecular weight excluding hydrogens is 279 g/mol. The summed E-state index contributed by atoms with van der Waals surface area (Å²) in [7, 11) is -2.20. The Balaban J connectivity index is 2.26. The van der Waals surface area contributed by atoms with E-state index in [1.165, 1.54) is 29.6 Å². The van der Waals surface area contributed by atoms with Gasteiger partial charge in [-0.05, 0) is 29.8 Å². The lowest BCUT2D eigenvalue weighted by Gasteiger charge is -2.18. The molecule has 0 spiro atoms. The van der Waals surface area contributed by atoms with Crippen LogP contribution in [0, 0.1) is 5.82 Å². The number of nitrogen functional groups attached to an aromatic ring is 1. The smallest absolute Gasteiger partial charge is 0.245 e. The van der Waals surface area contributed by atoms with Crippen LogP contribution in [-0.4, -0.2) is 19.8 Å². The highest BCUT2D eigenvalue weighted by molar-refractivity contribution is 7.89. The Labute approximate surface area is 117 Å². The maximum absolute atomic E-state index is 12.8. The van der Waals surface area contributed by atoms with Crippen LogP contribution in [0.5, 0.6) is 0 Å². The van der Waals surface area contributed by atoms with Crippen molar-refractivity contribution in [3.8, 4) is 0 Å². The van der Waals surface area contributed by atoms with Crippen LogP contribution in [0.15, 0.2) is 53.4 Å². The summed E-state index contributed by atoms with van der Waals surface area (Å²) >= 11 is 0. The fourth-order valence-electron chi connectivity index (χ4n) is 1.82. The Kier molecular flexibility index (Phi) is 4.06. The van der Waals surface area contributed by atoms with Gasteiger partial charge in [0.05, 0.1) is 5.69 Å². The number of para-hydroxylation sites is 1. The molecule has 0 bridgehead atoms. The zero-order chi connectivity index (χ0) is 14.8. The molecule has 4 nitrogen and oxygen atoms in total. The largest absolute Gasteiger partial charge is 0.398 e. The van der Waals surface area contributed by atoms with Crippen molar-refractivity contribution in [2.24, 2.45) is 0 Å². The molecule has 0 saturated heterocycles. The first-order chi connectivity index (χ1) is 9.41. The van der Waals surface area contributed by atoms with Crippen molar-refractivity contribution in [1.29, 1.82) is 0 Å². The van der Waals surface area contributed by atoms with Crippen LogP contribution in [0.25, 0.3) is 0 Å². The molecule has 2 aromatic rings. The number of nitrogens with two attached hydrogens (primary N) is 1. The van der Waals surface area contributed by atoms with Gasteiger partial charge in [-0.3, -0.25) is 0 Å². The molecule has 0 saturated carbocycles. The van der Waals surface area contributed by atoms with Gasteiger partial charge in [-0.1, -0.05) is 24.3 Å². The molecule has 20 heavy (non-hydrogen) atoms. The SMILES string of the molecule is CN(Cc1ccc(F)cc1)S(=O)(=O)c1ccccc1N. The van der Waals surface area contributed by atoms with E-state index in [9.17, 15) is 12.8 Å². The Bertz CT molecular complexity index is 699. The Morgan fingerprint density at radius 1 is 1.10 bits per heavy atom. The Morgan fingerprint density at radius 3 is 2.30 bits per heavy atom. The number of sulfonamides is 1. The average Bonchev–Trinajstić information content (AvgIpc) is 2.41. The standard InChI is InChI=1S/C14H15FN2O2S/c1-17(10-11-6-8-12(15)9-7-11)20(18,19)14-5-3-2-4-13(14)16/h2-9H,10,16H2,1H3. The fraction of sp³-hybridized carbons (Fsp3) is 0.143. The van der Waals surface area contributed by atoms with Gasteiger partial charge in [0.15, 0.2) is 0 Å². The van der Waals surface area contributed by atoms with Gasteiger partial charge in [0.1, 0.15) is 10.7 Å². The highest BCUT2D eigenvalue weighted by atomic mass is 32.2. The molecular formula is C14H15FN2O2S. The first-order valence-corrected chi connectivity index (χ1v) is 7.40. The first-order valence-electron chi connectivity index (χ1n) is 5.96. The number of hydrogen-bond acceptors (Lipinski definition) is 3. The van der Waals surface area contributed by atoms with Gasteiger partial charge in [0, 0.05) is 13.6 Å². The molecule has 0 aliphatic rings. The van der Waals surface area contributed by atoms with Crippen molar-refractivity contribution >= 4 is 15.7 Å². The van der Waals surface area contributed by atoms with Crippen molar-refractivity contribution in [2.75, 3.05) is 12.8 Å². The minimum atomic E-state index is -3.66. The average molecular weight is 294 g/mol. The number of benzene rings is 2. The molecule has 2 N–H and O–H groups in total. The second-order valence-corrected chi connectivity index (χ2v) is 6.44. The summed E-state index contributed by atoms with van der Waals surface area (Å²) in [5, 5.41) is 0. The second-order valence-electron chi connectivity index (χ2n) is 4.43. The maximum atomic E-state index is 12.8. The van der Waals surface area contributed by atoms with Gasteiger partial charge in [-0.15, -0.1) is 0 Å². The van der Waals surface area contributed by atoms with E-state index in [2.05, 4.69) is 0 Å². The maximum Gasteiger partial charge on any atom is 0.245 e. The molecule has 6 heteroatoms. The second kappa shape index (κ2) is 5.60. The number of nitrogens with zero attached hydrogens (tertiary/aromatic N) is 1. The molecule has 0 radical (unpaired) electrons. The summed E-state index contributed by atoms with van der Waals surface area (Å²) in [4.78, 5) is 0.0737. The van der Waals surface area contributed by atoms with E-state index >= 15 is 0 Å². The Morgan fingerprint density at radius 2 is 1.70 bits per heavy atom. The van der Waals surface area contributed by atoms with E-state index in [-0.39, 0.29) is 22.9 Å². The first kappa shape index (κ1) is 14.5. The lowest BCUT2D eigenvalue weighted by atomic mass is 10.2. The molecule has 0 unspecified atom stereocenters. The molecule has 0 fully saturated rings. The number of halogens is 1. The van der Waals surface area contributed by atoms with Crippen LogP contribution in [0.1, 0.15) is 5.56 Å². The third-order valence-electron chi connectivity index (χ3n) is 2.93. The van der Waals surface area contributed by atoms with E-state index in [4.69, 9.17) is 5.73 Å². The summed E-state index contributed by atoms with van der Waals surface area (Å²) in [6.07, 6.45) is 0. The van der Waals surface area contributed by atoms with Crippen LogP contribution < -0.4 is 5.73 Å². The zero-order valence-electron chi connectivity index (χ0n) is 11.0. The molecule has 2 rings (SSSR count). The van der Waals surface area contributed by atoms with Crippen molar-refractivity contribution in [3.05, 3.63) is 59.9 Å². The number of hydrogen-bond donors (Lipinski definition) is 1. The molecule has 0 heterocycles. The van der Waals surface area contributed by atoms with Gasteiger partial charge in [0.2, 0.25) is 10.0 Å². The minimum Gasteiger partial charge on any atom is -0.398 e. The highest BCUT2D eigenvalue weighted by Crippen LogP contribution is 2.22. The summed E-state index contributed by atoms with van der Waals surface area (Å²) in [5.74, 6) is -0.355. The predicted molar refractivity (Wildman–Crippen MR) is 75.9 cm³/mol. The van der Waals surface area contributed by atoms with E-state index in [1.54, 1.807) is 30.3 Å². The highest BCUT2D eigenvalue weighted by Gasteiger charge is 2.22. The van der Waals surface area contributed by atoms with E-state index in [1.807, 2.05) is 0 Å². The molecule has 106 valence electrons. The zero-order valence-corrected chi connectivity index (χ0v) is 11.8. The normalized spacial score (nSPS) is 11.8.